The molecule has 84 valence electrons. The molecule has 1 heterocycles. The number of hydrogen-bond acceptors (Lipinski definition) is 1. The summed E-state index contributed by atoms with van der Waals surface area (Å²) in [6, 6.07) is 2.54. The fourth-order valence-corrected chi connectivity index (χ4v) is 2.87. The molecule has 0 saturated carbocycles. The zero-order valence-corrected chi connectivity index (χ0v) is 10.3. The highest BCUT2D eigenvalue weighted by atomic mass is 15.1. The summed E-state index contributed by atoms with van der Waals surface area (Å²) in [6.07, 6.45) is 3.56. The van der Waals surface area contributed by atoms with Crippen LogP contribution in [-0.2, 0) is 12.0 Å². The van der Waals surface area contributed by atoms with Gasteiger partial charge in [-0.25, -0.2) is 0 Å². The van der Waals surface area contributed by atoms with E-state index in [0.29, 0.717) is 0 Å². The van der Waals surface area contributed by atoms with Crippen molar-refractivity contribution < 1.29 is 0 Å². The van der Waals surface area contributed by atoms with E-state index in [0.717, 1.165) is 6.42 Å². The van der Waals surface area contributed by atoms with Crippen LogP contribution >= 0.6 is 0 Å². The Kier molecular flexibility index (Phi) is 2.42. The van der Waals surface area contributed by atoms with Crippen LogP contribution in [-0.4, -0.2) is 4.57 Å². The second-order valence-corrected chi connectivity index (χ2v) is 5.69. The van der Waals surface area contributed by atoms with Gasteiger partial charge in [-0.1, -0.05) is 0 Å². The van der Waals surface area contributed by atoms with Crippen molar-refractivity contribution in [3.8, 4) is 0 Å². The van der Waals surface area contributed by atoms with Crippen LogP contribution in [0.5, 0.6) is 0 Å². The Morgan fingerprint density at radius 3 is 2.67 bits per heavy atom. The molecular weight excluding hydrogens is 184 g/mol. The van der Waals surface area contributed by atoms with E-state index in [9.17, 15) is 0 Å². The van der Waals surface area contributed by atoms with Gasteiger partial charge in [0, 0.05) is 23.0 Å². The monoisotopic (exact) mass is 206 g/mol. The largest absolute Gasteiger partial charge is 0.343 e. The lowest BCUT2D eigenvalue weighted by atomic mass is 9.93. The SMILES string of the molecule is Cc1cc2c(n1C(C)(C)C)CCCC2N. The van der Waals surface area contributed by atoms with Gasteiger partial charge in [-0.05, 0) is 58.6 Å². The molecule has 1 unspecified atom stereocenters. The summed E-state index contributed by atoms with van der Waals surface area (Å²) >= 11 is 0. The number of aromatic nitrogens is 1. The number of hydrogen-bond donors (Lipinski definition) is 1. The first-order chi connectivity index (χ1) is 6.91. The second kappa shape index (κ2) is 3.38. The molecule has 0 amide bonds. The molecular formula is C13H22N2. The molecule has 1 aliphatic carbocycles. The fraction of sp³-hybridized carbons (Fsp3) is 0.692. The Labute approximate surface area is 92.5 Å². The van der Waals surface area contributed by atoms with Crippen molar-refractivity contribution in [2.75, 3.05) is 0 Å². The van der Waals surface area contributed by atoms with Crippen LogP contribution < -0.4 is 5.73 Å². The van der Waals surface area contributed by atoms with Crippen LogP contribution in [0.4, 0.5) is 0 Å². The lowest BCUT2D eigenvalue weighted by molar-refractivity contribution is 0.370. The van der Waals surface area contributed by atoms with Gasteiger partial charge in [0.05, 0.1) is 0 Å². The zero-order valence-electron chi connectivity index (χ0n) is 10.3. The van der Waals surface area contributed by atoms with Crippen molar-refractivity contribution in [2.45, 2.75) is 58.5 Å². The van der Waals surface area contributed by atoms with Crippen molar-refractivity contribution in [2.24, 2.45) is 5.73 Å². The van der Waals surface area contributed by atoms with Crippen molar-refractivity contribution >= 4 is 0 Å². The van der Waals surface area contributed by atoms with Gasteiger partial charge in [0.2, 0.25) is 0 Å². The maximum Gasteiger partial charge on any atom is 0.0360 e. The summed E-state index contributed by atoms with van der Waals surface area (Å²) in [4.78, 5) is 0. The topological polar surface area (TPSA) is 30.9 Å². The minimum Gasteiger partial charge on any atom is -0.343 e. The normalized spacial score (nSPS) is 21.5. The molecule has 0 aliphatic heterocycles. The number of nitrogens with two attached hydrogens (primary N) is 1. The van der Waals surface area contributed by atoms with E-state index >= 15 is 0 Å². The van der Waals surface area contributed by atoms with Gasteiger partial charge >= 0.3 is 0 Å². The van der Waals surface area contributed by atoms with Crippen molar-refractivity contribution in [3.63, 3.8) is 0 Å². The van der Waals surface area contributed by atoms with Gasteiger partial charge in [-0.2, -0.15) is 0 Å². The summed E-state index contributed by atoms with van der Waals surface area (Å²) in [5.74, 6) is 0. The molecule has 15 heavy (non-hydrogen) atoms. The molecule has 0 saturated heterocycles. The smallest absolute Gasteiger partial charge is 0.0360 e. The first-order valence-corrected chi connectivity index (χ1v) is 5.88. The summed E-state index contributed by atoms with van der Waals surface area (Å²) in [5.41, 5.74) is 10.5. The van der Waals surface area contributed by atoms with Crippen LogP contribution in [0.25, 0.3) is 0 Å². The number of rotatable bonds is 0. The molecule has 0 bridgehead atoms. The number of aryl methyl sites for hydroxylation is 1. The Bertz CT molecular complexity index is 369. The Hall–Kier alpha value is -0.760. The minimum absolute atomic E-state index is 0.175. The van der Waals surface area contributed by atoms with Gasteiger partial charge in [0.15, 0.2) is 0 Å². The van der Waals surface area contributed by atoms with Crippen molar-refractivity contribution in [1.82, 2.24) is 4.57 Å². The molecule has 2 rings (SSSR count). The van der Waals surface area contributed by atoms with E-state index in [1.165, 1.54) is 29.8 Å². The predicted octanol–water partition coefficient (Wildman–Crippen LogP) is 2.89. The molecule has 1 aliphatic rings. The van der Waals surface area contributed by atoms with Gasteiger partial charge in [-0.3, -0.25) is 0 Å². The Balaban J connectivity index is 2.57. The van der Waals surface area contributed by atoms with E-state index in [2.05, 4.69) is 38.3 Å². The molecule has 1 atom stereocenters. The molecule has 2 nitrogen and oxygen atoms in total. The second-order valence-electron chi connectivity index (χ2n) is 5.69. The van der Waals surface area contributed by atoms with Gasteiger partial charge in [0.1, 0.15) is 0 Å². The standard InChI is InChI=1S/C13H22N2/c1-9-8-10-11(14)6-5-7-12(10)15(9)13(2,3)4/h8,11H,5-7,14H2,1-4H3. The third-order valence-corrected chi connectivity index (χ3v) is 3.32. The van der Waals surface area contributed by atoms with Crippen LogP contribution in [0, 0.1) is 6.92 Å². The molecule has 2 N–H and O–H groups in total. The first kappa shape index (κ1) is 10.7. The van der Waals surface area contributed by atoms with Gasteiger partial charge in [0.25, 0.3) is 0 Å². The zero-order chi connectivity index (χ0) is 11.2. The molecule has 0 radical (unpaired) electrons. The number of nitrogens with zero attached hydrogens (tertiary/aromatic N) is 1. The van der Waals surface area contributed by atoms with E-state index in [1.54, 1.807) is 0 Å². The average molecular weight is 206 g/mol. The third-order valence-electron chi connectivity index (χ3n) is 3.32. The summed E-state index contributed by atoms with van der Waals surface area (Å²) < 4.78 is 2.46. The molecule has 1 aromatic rings. The molecule has 0 aromatic carbocycles. The summed E-state index contributed by atoms with van der Waals surface area (Å²) in [6.45, 7) is 8.98. The fourth-order valence-electron chi connectivity index (χ4n) is 2.87. The van der Waals surface area contributed by atoms with Gasteiger partial charge in [-0.15, -0.1) is 0 Å². The summed E-state index contributed by atoms with van der Waals surface area (Å²) in [7, 11) is 0. The van der Waals surface area contributed by atoms with Crippen molar-refractivity contribution in [3.05, 3.63) is 23.0 Å². The average Bonchev–Trinajstić information content (AvgIpc) is 2.41. The number of fused-ring (bicyclic) bond motifs is 1. The summed E-state index contributed by atoms with van der Waals surface area (Å²) in [5, 5.41) is 0. The highest BCUT2D eigenvalue weighted by Crippen LogP contribution is 2.34. The third kappa shape index (κ3) is 1.71. The molecule has 0 spiro atoms. The quantitative estimate of drug-likeness (QED) is 0.695. The van der Waals surface area contributed by atoms with Crippen LogP contribution in [0.3, 0.4) is 0 Å². The predicted molar refractivity (Wildman–Crippen MR) is 64.0 cm³/mol. The Morgan fingerprint density at radius 1 is 1.40 bits per heavy atom. The van der Waals surface area contributed by atoms with Crippen LogP contribution in [0.15, 0.2) is 6.07 Å². The highest BCUT2D eigenvalue weighted by molar-refractivity contribution is 5.33. The maximum atomic E-state index is 6.16. The van der Waals surface area contributed by atoms with E-state index in [1.807, 2.05) is 0 Å². The maximum absolute atomic E-state index is 6.16. The van der Waals surface area contributed by atoms with Crippen LogP contribution in [0.2, 0.25) is 0 Å². The molecule has 1 aromatic heterocycles. The highest BCUT2D eigenvalue weighted by Gasteiger charge is 2.26. The van der Waals surface area contributed by atoms with Crippen molar-refractivity contribution in [1.29, 1.82) is 0 Å². The lowest BCUT2D eigenvalue weighted by Gasteiger charge is -2.29. The molecule has 2 heteroatoms. The lowest BCUT2D eigenvalue weighted by Crippen LogP contribution is -2.27. The van der Waals surface area contributed by atoms with Crippen LogP contribution in [0.1, 0.15) is 56.6 Å². The minimum atomic E-state index is 0.175. The molecule has 0 fully saturated rings. The van der Waals surface area contributed by atoms with E-state index in [-0.39, 0.29) is 11.6 Å². The first-order valence-electron chi connectivity index (χ1n) is 5.88. The van der Waals surface area contributed by atoms with E-state index in [4.69, 9.17) is 5.73 Å². The Morgan fingerprint density at radius 2 is 2.07 bits per heavy atom. The van der Waals surface area contributed by atoms with Gasteiger partial charge < -0.3 is 10.3 Å². The van der Waals surface area contributed by atoms with E-state index < -0.39 is 0 Å².